The Bertz CT molecular complexity index is 699. The molecule has 1 fully saturated rings. The average molecular weight is 300 g/mol. The van der Waals surface area contributed by atoms with Gasteiger partial charge in [0.1, 0.15) is 18.2 Å². The lowest BCUT2D eigenvalue weighted by Crippen LogP contribution is -2.25. The number of nitrogens with two attached hydrogens (primary N) is 1. The van der Waals surface area contributed by atoms with Gasteiger partial charge in [0.15, 0.2) is 0 Å². The Morgan fingerprint density at radius 2 is 2.09 bits per heavy atom. The molecule has 3 rings (SSSR count). The van der Waals surface area contributed by atoms with Crippen LogP contribution in [0.4, 0.5) is 10.1 Å². The number of hydrogen-bond acceptors (Lipinski definition) is 3. The molecule has 114 valence electrons. The molecule has 0 unspecified atom stereocenters. The number of hydrogen-bond donors (Lipinski definition) is 2. The van der Waals surface area contributed by atoms with E-state index < -0.39 is 0 Å². The van der Waals surface area contributed by atoms with Crippen molar-refractivity contribution in [3.8, 4) is 5.75 Å². The van der Waals surface area contributed by atoms with E-state index in [9.17, 15) is 9.18 Å². The van der Waals surface area contributed by atoms with Crippen LogP contribution in [0, 0.1) is 5.82 Å². The summed E-state index contributed by atoms with van der Waals surface area (Å²) in [7, 11) is 0. The van der Waals surface area contributed by atoms with E-state index in [-0.39, 0.29) is 18.3 Å². The van der Waals surface area contributed by atoms with Gasteiger partial charge in [-0.3, -0.25) is 4.79 Å². The molecule has 3 N–H and O–H groups in total. The quantitative estimate of drug-likeness (QED) is 0.835. The summed E-state index contributed by atoms with van der Waals surface area (Å²) < 4.78 is 18.8. The van der Waals surface area contributed by atoms with Crippen LogP contribution >= 0.6 is 0 Å². The van der Waals surface area contributed by atoms with Gasteiger partial charge >= 0.3 is 0 Å². The first kappa shape index (κ1) is 14.4. The SMILES string of the molecule is Nc1ccc(C(=O)NC2CC2)cc1OCc1cccc(F)c1. The van der Waals surface area contributed by atoms with Gasteiger partial charge in [0.2, 0.25) is 0 Å². The Morgan fingerprint density at radius 1 is 1.27 bits per heavy atom. The second-order valence-electron chi connectivity index (χ2n) is 5.42. The number of amides is 1. The summed E-state index contributed by atoms with van der Waals surface area (Å²) in [5.41, 5.74) is 7.52. The lowest BCUT2D eigenvalue weighted by atomic mass is 10.1. The highest BCUT2D eigenvalue weighted by Crippen LogP contribution is 2.25. The van der Waals surface area contributed by atoms with Crippen molar-refractivity contribution in [2.24, 2.45) is 0 Å². The van der Waals surface area contributed by atoms with Crippen molar-refractivity contribution in [1.29, 1.82) is 0 Å². The summed E-state index contributed by atoms with van der Waals surface area (Å²) in [6, 6.07) is 11.4. The first-order valence-electron chi connectivity index (χ1n) is 7.19. The molecule has 0 heterocycles. The van der Waals surface area contributed by atoms with Crippen molar-refractivity contribution in [3.05, 3.63) is 59.4 Å². The van der Waals surface area contributed by atoms with Crippen LogP contribution < -0.4 is 15.8 Å². The van der Waals surface area contributed by atoms with Crippen LogP contribution in [0.1, 0.15) is 28.8 Å². The third kappa shape index (κ3) is 3.55. The molecule has 0 saturated heterocycles. The number of anilines is 1. The summed E-state index contributed by atoms with van der Waals surface area (Å²) in [6.45, 7) is 0.190. The Hall–Kier alpha value is -2.56. The van der Waals surface area contributed by atoms with Gasteiger partial charge in [-0.2, -0.15) is 0 Å². The van der Waals surface area contributed by atoms with Crippen LogP contribution in [0.3, 0.4) is 0 Å². The molecule has 4 nitrogen and oxygen atoms in total. The lowest BCUT2D eigenvalue weighted by Gasteiger charge is -2.11. The van der Waals surface area contributed by atoms with Gasteiger partial charge in [0.05, 0.1) is 5.69 Å². The number of benzene rings is 2. The minimum absolute atomic E-state index is 0.127. The Balaban J connectivity index is 1.70. The summed E-state index contributed by atoms with van der Waals surface area (Å²) in [4.78, 5) is 12.0. The molecule has 5 heteroatoms. The molecule has 0 radical (unpaired) electrons. The van der Waals surface area contributed by atoms with E-state index >= 15 is 0 Å². The smallest absolute Gasteiger partial charge is 0.251 e. The number of carbonyl (C=O) groups excluding carboxylic acids is 1. The van der Waals surface area contributed by atoms with Crippen molar-refractivity contribution < 1.29 is 13.9 Å². The van der Waals surface area contributed by atoms with E-state index in [1.165, 1.54) is 12.1 Å². The molecule has 0 spiro atoms. The van der Waals surface area contributed by atoms with E-state index in [4.69, 9.17) is 10.5 Å². The van der Waals surface area contributed by atoms with Crippen LogP contribution in [0.25, 0.3) is 0 Å². The second kappa shape index (κ2) is 6.05. The van der Waals surface area contributed by atoms with Gasteiger partial charge < -0.3 is 15.8 Å². The van der Waals surface area contributed by atoms with Crippen molar-refractivity contribution in [3.63, 3.8) is 0 Å². The van der Waals surface area contributed by atoms with Crippen molar-refractivity contribution >= 4 is 11.6 Å². The monoisotopic (exact) mass is 300 g/mol. The number of ether oxygens (including phenoxy) is 1. The first-order valence-corrected chi connectivity index (χ1v) is 7.19. The van der Waals surface area contributed by atoms with Gasteiger partial charge in [0, 0.05) is 11.6 Å². The molecule has 1 saturated carbocycles. The molecule has 1 aliphatic rings. The van der Waals surface area contributed by atoms with Crippen LogP contribution in [0.5, 0.6) is 5.75 Å². The number of nitrogen functional groups attached to an aromatic ring is 1. The normalized spacial score (nSPS) is 13.7. The summed E-state index contributed by atoms with van der Waals surface area (Å²) in [5, 5.41) is 2.91. The molecule has 2 aromatic rings. The predicted octanol–water partition coefficient (Wildman–Crippen LogP) is 2.88. The van der Waals surface area contributed by atoms with Gasteiger partial charge in [-0.25, -0.2) is 4.39 Å². The fourth-order valence-corrected chi connectivity index (χ4v) is 2.08. The van der Waals surface area contributed by atoms with Crippen molar-refractivity contribution in [1.82, 2.24) is 5.32 Å². The molecule has 0 bridgehead atoms. The van der Waals surface area contributed by atoms with Gasteiger partial charge in [-0.05, 0) is 48.7 Å². The van der Waals surface area contributed by atoms with Crippen LogP contribution in [-0.4, -0.2) is 11.9 Å². The second-order valence-corrected chi connectivity index (χ2v) is 5.42. The Labute approximate surface area is 128 Å². The van der Waals surface area contributed by atoms with E-state index in [0.29, 0.717) is 28.6 Å². The van der Waals surface area contributed by atoms with Gasteiger partial charge in [0.25, 0.3) is 5.91 Å². The summed E-state index contributed by atoms with van der Waals surface area (Å²) in [6.07, 6.45) is 2.06. The molecule has 0 atom stereocenters. The number of carbonyl (C=O) groups is 1. The fourth-order valence-electron chi connectivity index (χ4n) is 2.08. The van der Waals surface area contributed by atoms with Crippen LogP contribution in [-0.2, 0) is 6.61 Å². The van der Waals surface area contributed by atoms with E-state index in [0.717, 1.165) is 12.8 Å². The largest absolute Gasteiger partial charge is 0.487 e. The molecular weight excluding hydrogens is 283 g/mol. The maximum Gasteiger partial charge on any atom is 0.251 e. The minimum atomic E-state index is -0.313. The molecular formula is C17H17FN2O2. The third-order valence-electron chi connectivity index (χ3n) is 3.47. The van der Waals surface area contributed by atoms with Crippen molar-refractivity contribution in [2.75, 3.05) is 5.73 Å². The first-order chi connectivity index (χ1) is 10.6. The maximum atomic E-state index is 13.1. The standard InChI is InChI=1S/C17H17FN2O2/c18-13-3-1-2-11(8-13)10-22-16-9-12(4-7-15(16)19)17(21)20-14-5-6-14/h1-4,7-9,14H,5-6,10,19H2,(H,20,21). The topological polar surface area (TPSA) is 64.4 Å². The lowest BCUT2D eigenvalue weighted by molar-refractivity contribution is 0.0950. The fraction of sp³-hybridized carbons (Fsp3) is 0.235. The Morgan fingerprint density at radius 3 is 2.82 bits per heavy atom. The minimum Gasteiger partial charge on any atom is -0.487 e. The molecule has 1 amide bonds. The van der Waals surface area contributed by atoms with Gasteiger partial charge in [-0.15, -0.1) is 0 Å². The Kier molecular flexibility index (Phi) is 3.96. The molecule has 0 aromatic heterocycles. The molecule has 0 aliphatic heterocycles. The highest BCUT2D eigenvalue weighted by atomic mass is 19.1. The highest BCUT2D eigenvalue weighted by molar-refractivity contribution is 5.95. The summed E-state index contributed by atoms with van der Waals surface area (Å²) in [5.74, 6) is -0.0163. The highest BCUT2D eigenvalue weighted by Gasteiger charge is 2.24. The maximum absolute atomic E-state index is 13.1. The predicted molar refractivity (Wildman–Crippen MR) is 82.1 cm³/mol. The van der Waals surface area contributed by atoms with Crippen molar-refractivity contribution in [2.45, 2.75) is 25.5 Å². The third-order valence-corrected chi connectivity index (χ3v) is 3.47. The van der Waals surface area contributed by atoms with Gasteiger partial charge in [-0.1, -0.05) is 12.1 Å². The number of halogens is 1. The van der Waals surface area contributed by atoms with Crippen LogP contribution in [0.2, 0.25) is 0 Å². The zero-order chi connectivity index (χ0) is 15.5. The molecule has 22 heavy (non-hydrogen) atoms. The average Bonchev–Trinajstić information content (AvgIpc) is 3.30. The number of rotatable bonds is 5. The van der Waals surface area contributed by atoms with E-state index in [2.05, 4.69) is 5.32 Å². The zero-order valence-corrected chi connectivity index (χ0v) is 12.0. The number of nitrogens with one attached hydrogen (secondary N) is 1. The molecule has 1 aliphatic carbocycles. The van der Waals surface area contributed by atoms with Crippen LogP contribution in [0.15, 0.2) is 42.5 Å². The molecule has 2 aromatic carbocycles. The summed E-state index contributed by atoms with van der Waals surface area (Å²) >= 11 is 0. The van der Waals surface area contributed by atoms with E-state index in [1.807, 2.05) is 0 Å². The zero-order valence-electron chi connectivity index (χ0n) is 12.0. The van der Waals surface area contributed by atoms with E-state index in [1.54, 1.807) is 30.3 Å².